The molecule has 0 saturated heterocycles. The van der Waals surface area contributed by atoms with Gasteiger partial charge in [0, 0.05) is 18.8 Å². The number of hydrogen-bond donors (Lipinski definition) is 3. The average Bonchev–Trinajstić information content (AvgIpc) is 2.84. The number of aromatic nitrogens is 1. The molecule has 0 aliphatic heterocycles. The van der Waals surface area contributed by atoms with Crippen molar-refractivity contribution >= 4 is 17.7 Å². The lowest BCUT2D eigenvalue weighted by Crippen LogP contribution is -2.36. The van der Waals surface area contributed by atoms with Gasteiger partial charge in [0.1, 0.15) is 11.5 Å². The molecule has 0 radical (unpaired) electrons. The Morgan fingerprint density at radius 3 is 2.44 bits per heavy atom. The van der Waals surface area contributed by atoms with E-state index in [9.17, 15) is 19.5 Å². The maximum absolute atomic E-state index is 12.9. The standard InChI is InChI=1S/C27H31N3O6/c1-6-36-23(32)15-20(28-27(34)29-25-21(31)12-13-30(4)26(25)33)18-10-11-22(35-5)19(14-18)24-16(2)8-7-9-17(24)3/h7-14,20,31H,6,15H2,1-5H3,(H2,28,29,34)/t20-/m0/s1. The van der Waals surface area contributed by atoms with Gasteiger partial charge >= 0.3 is 12.0 Å². The lowest BCUT2D eigenvalue weighted by Gasteiger charge is -2.22. The zero-order chi connectivity index (χ0) is 26.4. The molecule has 0 aliphatic rings. The molecule has 190 valence electrons. The monoisotopic (exact) mass is 493 g/mol. The highest BCUT2D eigenvalue weighted by Crippen LogP contribution is 2.37. The van der Waals surface area contributed by atoms with Gasteiger partial charge in [0.05, 0.1) is 26.2 Å². The van der Waals surface area contributed by atoms with Crippen LogP contribution in [0.4, 0.5) is 10.5 Å². The molecule has 1 heterocycles. The van der Waals surface area contributed by atoms with Crippen LogP contribution in [0.1, 0.15) is 36.1 Å². The molecule has 0 spiro atoms. The van der Waals surface area contributed by atoms with Crippen LogP contribution in [0.25, 0.3) is 11.1 Å². The van der Waals surface area contributed by atoms with Crippen LogP contribution in [0.15, 0.2) is 53.5 Å². The number of benzene rings is 2. The maximum Gasteiger partial charge on any atom is 0.319 e. The average molecular weight is 494 g/mol. The number of pyridine rings is 1. The minimum atomic E-state index is -0.785. The first kappa shape index (κ1) is 26.3. The van der Waals surface area contributed by atoms with Crippen molar-refractivity contribution in [1.82, 2.24) is 9.88 Å². The number of nitrogens with zero attached hydrogens (tertiary/aromatic N) is 1. The van der Waals surface area contributed by atoms with E-state index in [-0.39, 0.29) is 24.5 Å². The summed E-state index contributed by atoms with van der Waals surface area (Å²) in [6.07, 6.45) is 1.25. The third-order valence-corrected chi connectivity index (χ3v) is 5.84. The maximum atomic E-state index is 12.9. The molecule has 3 N–H and O–H groups in total. The van der Waals surface area contributed by atoms with Crippen molar-refractivity contribution in [1.29, 1.82) is 0 Å². The van der Waals surface area contributed by atoms with E-state index in [1.54, 1.807) is 26.2 Å². The van der Waals surface area contributed by atoms with Crippen LogP contribution in [-0.2, 0) is 16.6 Å². The van der Waals surface area contributed by atoms with Gasteiger partial charge in [0.2, 0.25) is 0 Å². The van der Waals surface area contributed by atoms with Crippen LogP contribution in [0.2, 0.25) is 0 Å². The largest absolute Gasteiger partial charge is 0.505 e. The molecule has 2 aromatic carbocycles. The predicted molar refractivity (Wildman–Crippen MR) is 137 cm³/mol. The first-order valence-electron chi connectivity index (χ1n) is 11.5. The molecule has 1 aromatic heterocycles. The fourth-order valence-electron chi connectivity index (χ4n) is 4.06. The minimum absolute atomic E-state index is 0.140. The van der Waals surface area contributed by atoms with Crippen LogP contribution in [-0.4, -0.2) is 35.4 Å². The number of aryl methyl sites for hydroxylation is 3. The Labute approximate surface area is 209 Å². The summed E-state index contributed by atoms with van der Waals surface area (Å²) < 4.78 is 12.0. The molecular weight excluding hydrogens is 462 g/mol. The molecule has 0 fully saturated rings. The molecule has 9 heteroatoms. The molecule has 0 bridgehead atoms. The highest BCUT2D eigenvalue weighted by Gasteiger charge is 2.23. The first-order valence-corrected chi connectivity index (χ1v) is 11.5. The highest BCUT2D eigenvalue weighted by molar-refractivity contribution is 5.91. The molecule has 0 aliphatic carbocycles. The van der Waals surface area contributed by atoms with E-state index in [4.69, 9.17) is 9.47 Å². The molecule has 36 heavy (non-hydrogen) atoms. The number of carbonyl (C=O) groups is 2. The van der Waals surface area contributed by atoms with Crippen LogP contribution >= 0.6 is 0 Å². The normalized spacial score (nSPS) is 11.5. The van der Waals surface area contributed by atoms with E-state index >= 15 is 0 Å². The van der Waals surface area contributed by atoms with E-state index < -0.39 is 23.6 Å². The Morgan fingerprint density at radius 2 is 1.81 bits per heavy atom. The van der Waals surface area contributed by atoms with Crippen LogP contribution in [0, 0.1) is 13.8 Å². The second-order valence-electron chi connectivity index (χ2n) is 8.38. The van der Waals surface area contributed by atoms with E-state index in [1.165, 1.54) is 23.9 Å². The molecule has 0 saturated carbocycles. The summed E-state index contributed by atoms with van der Waals surface area (Å²) in [7, 11) is 3.08. The van der Waals surface area contributed by atoms with E-state index in [0.29, 0.717) is 11.3 Å². The number of methoxy groups -OCH3 is 1. The molecule has 1 atom stereocenters. The summed E-state index contributed by atoms with van der Waals surface area (Å²) in [5.41, 5.74) is 3.71. The van der Waals surface area contributed by atoms with E-state index in [0.717, 1.165) is 22.3 Å². The number of hydrogen-bond acceptors (Lipinski definition) is 6. The lowest BCUT2D eigenvalue weighted by atomic mass is 9.92. The van der Waals surface area contributed by atoms with Gasteiger partial charge in [-0.25, -0.2) is 4.79 Å². The molecule has 0 unspecified atom stereocenters. The lowest BCUT2D eigenvalue weighted by molar-refractivity contribution is -0.143. The Morgan fingerprint density at radius 1 is 1.11 bits per heavy atom. The molecular formula is C27H31N3O6. The van der Waals surface area contributed by atoms with Crippen LogP contribution in [0.3, 0.4) is 0 Å². The van der Waals surface area contributed by atoms with Crippen molar-refractivity contribution in [2.75, 3.05) is 19.0 Å². The number of aromatic hydroxyl groups is 1. The topological polar surface area (TPSA) is 119 Å². The molecule has 3 rings (SSSR count). The van der Waals surface area contributed by atoms with E-state index in [2.05, 4.69) is 10.6 Å². The zero-order valence-electron chi connectivity index (χ0n) is 21.0. The molecule has 9 nitrogen and oxygen atoms in total. The number of ether oxygens (including phenoxy) is 2. The predicted octanol–water partition coefficient (Wildman–Crippen LogP) is 4.20. The van der Waals surface area contributed by atoms with Gasteiger partial charge in [-0.15, -0.1) is 0 Å². The van der Waals surface area contributed by atoms with E-state index in [1.807, 2.05) is 38.1 Å². The number of esters is 1. The number of carbonyl (C=O) groups excluding carboxylic acids is 2. The number of nitrogens with one attached hydrogen (secondary N) is 2. The number of amides is 2. The quantitative estimate of drug-likeness (QED) is 0.405. The number of anilines is 1. The number of urea groups is 1. The zero-order valence-corrected chi connectivity index (χ0v) is 21.0. The van der Waals surface area contributed by atoms with Crippen molar-refractivity contribution in [2.24, 2.45) is 7.05 Å². The Kier molecular flexibility index (Phi) is 8.37. The summed E-state index contributed by atoms with van der Waals surface area (Å²) in [4.78, 5) is 37.6. The summed E-state index contributed by atoms with van der Waals surface area (Å²) in [5.74, 6) is -0.212. The number of rotatable bonds is 8. The summed E-state index contributed by atoms with van der Waals surface area (Å²) in [6, 6.07) is 11.2. The SMILES string of the molecule is CCOC(=O)C[C@H](NC(=O)Nc1c(O)ccn(C)c1=O)c1ccc(OC)c(-c2c(C)cccc2C)c1. The van der Waals surface area contributed by atoms with Crippen molar-refractivity contribution in [3.8, 4) is 22.6 Å². The Balaban J connectivity index is 2.01. The Bertz CT molecular complexity index is 1310. The highest BCUT2D eigenvalue weighted by atomic mass is 16.5. The summed E-state index contributed by atoms with van der Waals surface area (Å²) in [5, 5.41) is 15.2. The van der Waals surface area contributed by atoms with Gasteiger partial charge in [-0.2, -0.15) is 0 Å². The van der Waals surface area contributed by atoms with Crippen molar-refractivity contribution in [2.45, 2.75) is 33.2 Å². The van der Waals surface area contributed by atoms with Gasteiger partial charge in [0.25, 0.3) is 5.56 Å². The third kappa shape index (κ3) is 5.86. The second-order valence-corrected chi connectivity index (χ2v) is 8.38. The minimum Gasteiger partial charge on any atom is -0.505 e. The van der Waals surface area contributed by atoms with Gasteiger partial charge in [-0.1, -0.05) is 24.3 Å². The van der Waals surface area contributed by atoms with Gasteiger partial charge in [-0.05, 0) is 61.2 Å². The van der Waals surface area contributed by atoms with Crippen LogP contribution < -0.4 is 20.9 Å². The summed E-state index contributed by atoms with van der Waals surface area (Å²) >= 11 is 0. The fraction of sp³-hybridized carbons (Fsp3) is 0.296. The summed E-state index contributed by atoms with van der Waals surface area (Å²) in [6.45, 7) is 5.90. The fourth-order valence-corrected chi connectivity index (χ4v) is 4.06. The smallest absolute Gasteiger partial charge is 0.319 e. The first-order chi connectivity index (χ1) is 17.2. The van der Waals surface area contributed by atoms with Crippen molar-refractivity contribution in [3.63, 3.8) is 0 Å². The van der Waals surface area contributed by atoms with Gasteiger partial charge in [-0.3, -0.25) is 9.59 Å². The Hall–Kier alpha value is -4.27. The van der Waals surface area contributed by atoms with Gasteiger partial charge < -0.3 is 29.8 Å². The molecule has 3 aromatic rings. The van der Waals surface area contributed by atoms with Crippen molar-refractivity contribution in [3.05, 3.63) is 75.7 Å². The van der Waals surface area contributed by atoms with Crippen LogP contribution in [0.5, 0.6) is 11.5 Å². The molecule has 2 amide bonds. The second kappa shape index (κ2) is 11.4. The van der Waals surface area contributed by atoms with Crippen molar-refractivity contribution < 1.29 is 24.2 Å². The van der Waals surface area contributed by atoms with Gasteiger partial charge in [0.15, 0.2) is 5.69 Å². The third-order valence-electron chi connectivity index (χ3n) is 5.84.